The molecule has 0 aliphatic heterocycles. The van der Waals surface area contributed by atoms with E-state index in [9.17, 15) is 9.59 Å². The molecule has 0 aliphatic carbocycles. The molecule has 0 spiro atoms. The zero-order valence-electron chi connectivity index (χ0n) is 18.3. The molecule has 0 saturated heterocycles. The summed E-state index contributed by atoms with van der Waals surface area (Å²) in [7, 11) is 3.32. The number of hydrogen-bond donors (Lipinski definition) is 0. The Morgan fingerprint density at radius 1 is 0.903 bits per heavy atom. The Balaban J connectivity index is 1.50. The number of nitrogens with zero attached hydrogens (tertiary/aromatic N) is 1. The number of para-hydroxylation sites is 1. The molecule has 0 N–H and O–H groups in total. The van der Waals surface area contributed by atoms with Gasteiger partial charge in [0.2, 0.25) is 0 Å². The van der Waals surface area contributed by atoms with E-state index in [1.165, 1.54) is 4.90 Å². The van der Waals surface area contributed by atoms with Gasteiger partial charge in [-0.3, -0.25) is 4.79 Å². The highest BCUT2D eigenvalue weighted by atomic mass is 16.6. The van der Waals surface area contributed by atoms with Gasteiger partial charge in [0.15, 0.2) is 13.2 Å². The maximum atomic E-state index is 12.4. The van der Waals surface area contributed by atoms with E-state index in [1.807, 2.05) is 68.4 Å². The number of carbonyl (C=O) groups excluding carboxylic acids is 2. The van der Waals surface area contributed by atoms with Crippen molar-refractivity contribution in [3.05, 3.63) is 71.3 Å². The largest absolute Gasteiger partial charge is 0.497 e. The fourth-order valence-corrected chi connectivity index (χ4v) is 3.31. The summed E-state index contributed by atoms with van der Waals surface area (Å²) in [6.45, 7) is 3.68. The zero-order valence-corrected chi connectivity index (χ0v) is 18.3. The predicted molar refractivity (Wildman–Crippen MR) is 119 cm³/mol. The van der Waals surface area contributed by atoms with E-state index in [1.54, 1.807) is 14.2 Å². The summed E-state index contributed by atoms with van der Waals surface area (Å²) in [5.74, 6) is 0.604. The number of carbonyl (C=O) groups is 2. The third-order valence-electron chi connectivity index (χ3n) is 5.06. The normalized spacial score (nSPS) is 10.6. The van der Waals surface area contributed by atoms with Crippen LogP contribution in [0.5, 0.6) is 11.5 Å². The maximum absolute atomic E-state index is 12.4. The first-order valence-electron chi connectivity index (χ1n) is 10.0. The molecule has 3 aromatic carbocycles. The first-order chi connectivity index (χ1) is 14.9. The molecule has 6 nitrogen and oxygen atoms in total. The Labute approximate surface area is 182 Å². The lowest BCUT2D eigenvalue weighted by atomic mass is 10.1. The molecule has 0 unspecified atom stereocenters. The van der Waals surface area contributed by atoms with Crippen LogP contribution in [0, 0.1) is 13.8 Å². The van der Waals surface area contributed by atoms with Crippen molar-refractivity contribution >= 4 is 22.6 Å². The molecule has 0 atom stereocenters. The van der Waals surface area contributed by atoms with E-state index in [4.69, 9.17) is 14.2 Å². The van der Waals surface area contributed by atoms with Gasteiger partial charge in [-0.05, 0) is 59.5 Å². The highest BCUT2D eigenvalue weighted by Gasteiger charge is 2.14. The average Bonchev–Trinajstić information content (AvgIpc) is 2.76. The molecular weight excluding hydrogens is 394 g/mol. The number of amides is 1. The van der Waals surface area contributed by atoms with Crippen molar-refractivity contribution in [2.24, 2.45) is 0 Å². The highest BCUT2D eigenvalue weighted by molar-refractivity contribution is 5.85. The number of methoxy groups -OCH3 is 1. The second-order valence-corrected chi connectivity index (χ2v) is 7.47. The number of esters is 1. The minimum Gasteiger partial charge on any atom is -0.497 e. The molecule has 0 heterocycles. The molecule has 1 amide bonds. The Kier molecular flexibility index (Phi) is 7.13. The van der Waals surface area contributed by atoms with Crippen molar-refractivity contribution in [3.8, 4) is 11.5 Å². The lowest BCUT2D eigenvalue weighted by Gasteiger charge is -2.18. The molecular formula is C25H27NO5. The van der Waals surface area contributed by atoms with Crippen LogP contribution >= 0.6 is 0 Å². The van der Waals surface area contributed by atoms with Gasteiger partial charge in [0.1, 0.15) is 11.5 Å². The molecule has 3 aromatic rings. The Hall–Kier alpha value is -3.54. The number of rotatable bonds is 8. The van der Waals surface area contributed by atoms with Crippen LogP contribution in [0.1, 0.15) is 16.7 Å². The molecule has 0 saturated carbocycles. The molecule has 0 aliphatic rings. The number of fused-ring (bicyclic) bond motifs is 1. The zero-order chi connectivity index (χ0) is 22.4. The van der Waals surface area contributed by atoms with Gasteiger partial charge in [0, 0.05) is 13.6 Å². The van der Waals surface area contributed by atoms with Gasteiger partial charge < -0.3 is 19.1 Å². The van der Waals surface area contributed by atoms with Gasteiger partial charge in [-0.25, -0.2) is 4.79 Å². The summed E-state index contributed by atoms with van der Waals surface area (Å²) >= 11 is 0. The van der Waals surface area contributed by atoms with Crippen LogP contribution in [-0.2, 0) is 20.9 Å². The van der Waals surface area contributed by atoms with E-state index in [2.05, 4.69) is 0 Å². The van der Waals surface area contributed by atoms with Gasteiger partial charge >= 0.3 is 5.97 Å². The Morgan fingerprint density at radius 2 is 1.58 bits per heavy atom. The molecule has 0 fully saturated rings. The van der Waals surface area contributed by atoms with Crippen LogP contribution in [0.25, 0.3) is 10.8 Å². The lowest BCUT2D eigenvalue weighted by molar-refractivity contribution is -0.153. The van der Waals surface area contributed by atoms with Crippen LogP contribution in [0.2, 0.25) is 0 Å². The molecule has 3 rings (SSSR count). The number of hydrogen-bond acceptors (Lipinski definition) is 5. The molecule has 0 bridgehead atoms. The number of benzene rings is 3. The number of likely N-dealkylation sites (N-methyl/N-ethyl adjacent to an activating group) is 1. The lowest BCUT2D eigenvalue weighted by Crippen LogP contribution is -2.31. The van der Waals surface area contributed by atoms with Gasteiger partial charge in [0.05, 0.1) is 7.11 Å². The molecule has 162 valence electrons. The van der Waals surface area contributed by atoms with Crippen LogP contribution < -0.4 is 9.47 Å². The summed E-state index contributed by atoms with van der Waals surface area (Å²) in [5, 5.41) is 2.13. The van der Waals surface area contributed by atoms with Crippen molar-refractivity contribution in [1.29, 1.82) is 0 Å². The number of ether oxygens (including phenoxy) is 3. The summed E-state index contributed by atoms with van der Waals surface area (Å²) in [6, 6.07) is 17.6. The van der Waals surface area contributed by atoms with Crippen molar-refractivity contribution in [3.63, 3.8) is 0 Å². The molecule has 6 heteroatoms. The molecule has 0 aromatic heterocycles. The van der Waals surface area contributed by atoms with E-state index >= 15 is 0 Å². The van der Waals surface area contributed by atoms with Gasteiger partial charge in [-0.1, -0.05) is 36.4 Å². The third-order valence-corrected chi connectivity index (χ3v) is 5.06. The number of aryl methyl sites for hydroxylation is 2. The fraction of sp³-hybridized carbons (Fsp3) is 0.280. The minimum atomic E-state index is -0.580. The first-order valence-corrected chi connectivity index (χ1v) is 10.0. The Morgan fingerprint density at radius 3 is 2.29 bits per heavy atom. The van der Waals surface area contributed by atoms with Crippen molar-refractivity contribution < 1.29 is 23.8 Å². The Bertz CT molecular complexity index is 1070. The molecule has 0 radical (unpaired) electrons. The van der Waals surface area contributed by atoms with Gasteiger partial charge in [-0.2, -0.15) is 0 Å². The summed E-state index contributed by atoms with van der Waals surface area (Å²) in [5.41, 5.74) is 2.87. The predicted octanol–water partition coefficient (Wildman–Crippen LogP) is 4.05. The van der Waals surface area contributed by atoms with Crippen LogP contribution in [-0.4, -0.2) is 44.1 Å². The SMILES string of the molecule is COc1ccc2cc(CN(C)C(=O)COC(=O)COc3c(C)cccc3C)ccc2c1. The fourth-order valence-electron chi connectivity index (χ4n) is 3.31. The minimum absolute atomic E-state index is 0.239. The van der Waals surface area contributed by atoms with Crippen molar-refractivity contribution in [2.75, 3.05) is 27.4 Å². The maximum Gasteiger partial charge on any atom is 0.344 e. The summed E-state index contributed by atoms with van der Waals surface area (Å²) in [6.07, 6.45) is 0. The second kappa shape index (κ2) is 9.98. The smallest absolute Gasteiger partial charge is 0.344 e. The quantitative estimate of drug-likeness (QED) is 0.514. The van der Waals surface area contributed by atoms with Gasteiger partial charge in [0.25, 0.3) is 5.91 Å². The third kappa shape index (κ3) is 5.75. The van der Waals surface area contributed by atoms with E-state index in [0.717, 1.165) is 33.2 Å². The van der Waals surface area contributed by atoms with Crippen LogP contribution in [0.15, 0.2) is 54.6 Å². The summed E-state index contributed by atoms with van der Waals surface area (Å²) in [4.78, 5) is 25.9. The topological polar surface area (TPSA) is 65.1 Å². The van der Waals surface area contributed by atoms with E-state index in [-0.39, 0.29) is 19.1 Å². The van der Waals surface area contributed by atoms with Crippen molar-refractivity contribution in [2.45, 2.75) is 20.4 Å². The van der Waals surface area contributed by atoms with Crippen LogP contribution in [0.4, 0.5) is 0 Å². The average molecular weight is 421 g/mol. The highest BCUT2D eigenvalue weighted by Crippen LogP contribution is 2.23. The molecule has 31 heavy (non-hydrogen) atoms. The van der Waals surface area contributed by atoms with Gasteiger partial charge in [-0.15, -0.1) is 0 Å². The van der Waals surface area contributed by atoms with Crippen LogP contribution in [0.3, 0.4) is 0 Å². The second-order valence-electron chi connectivity index (χ2n) is 7.47. The first kappa shape index (κ1) is 22.2. The standard InChI is InChI=1S/C25H27NO5/c1-17-6-5-7-18(2)25(17)31-16-24(28)30-15-23(27)26(3)14-19-8-9-21-13-22(29-4)11-10-20(21)12-19/h5-13H,14-16H2,1-4H3. The monoisotopic (exact) mass is 421 g/mol. The summed E-state index contributed by atoms with van der Waals surface area (Å²) < 4.78 is 15.9. The van der Waals surface area contributed by atoms with E-state index < -0.39 is 5.97 Å². The van der Waals surface area contributed by atoms with Crippen molar-refractivity contribution in [1.82, 2.24) is 4.90 Å². The van der Waals surface area contributed by atoms with E-state index in [0.29, 0.717) is 12.3 Å².